The molecule has 2 amide bonds. The van der Waals surface area contributed by atoms with E-state index in [1.807, 2.05) is 18.4 Å². The van der Waals surface area contributed by atoms with Crippen LogP contribution in [0.3, 0.4) is 0 Å². The first kappa shape index (κ1) is 18.4. The van der Waals surface area contributed by atoms with Gasteiger partial charge < -0.3 is 10.2 Å². The molecule has 2 heterocycles. The molecule has 1 aromatic heterocycles. The molecule has 0 saturated heterocycles. The van der Waals surface area contributed by atoms with E-state index in [4.69, 9.17) is 0 Å². The van der Waals surface area contributed by atoms with Crippen molar-refractivity contribution in [2.24, 2.45) is 0 Å². The Hall–Kier alpha value is -2.35. The van der Waals surface area contributed by atoms with Gasteiger partial charge in [-0.1, -0.05) is 0 Å². The Morgan fingerprint density at radius 1 is 1.23 bits per heavy atom. The zero-order chi connectivity index (χ0) is 18.9. The summed E-state index contributed by atoms with van der Waals surface area (Å²) in [7, 11) is 0. The monoisotopic (exact) mass is 382 g/mol. The van der Waals surface area contributed by atoms with E-state index in [0.29, 0.717) is 6.54 Å². The first-order valence-electron chi connectivity index (χ1n) is 8.08. The van der Waals surface area contributed by atoms with E-state index in [1.54, 1.807) is 16.2 Å². The fraction of sp³-hybridized carbons (Fsp3) is 0.333. The third-order valence-corrected chi connectivity index (χ3v) is 5.47. The van der Waals surface area contributed by atoms with Crippen LogP contribution in [0.25, 0.3) is 0 Å². The van der Waals surface area contributed by atoms with Gasteiger partial charge in [0.05, 0.1) is 18.2 Å². The number of carbonyl (C=O) groups excluding carboxylic acids is 2. The fourth-order valence-electron chi connectivity index (χ4n) is 3.02. The van der Waals surface area contributed by atoms with Crippen LogP contribution >= 0.6 is 11.3 Å². The van der Waals surface area contributed by atoms with E-state index in [1.165, 1.54) is 4.88 Å². The quantitative estimate of drug-likeness (QED) is 0.881. The van der Waals surface area contributed by atoms with Gasteiger partial charge in [0, 0.05) is 17.0 Å². The number of rotatable bonds is 3. The second-order valence-electron chi connectivity index (χ2n) is 6.07. The van der Waals surface area contributed by atoms with Crippen LogP contribution in [0.1, 0.15) is 39.3 Å². The first-order valence-corrected chi connectivity index (χ1v) is 8.96. The number of carbonyl (C=O) groups is 2. The van der Waals surface area contributed by atoms with Crippen molar-refractivity contribution in [1.29, 1.82) is 0 Å². The topological polar surface area (TPSA) is 49.4 Å². The summed E-state index contributed by atoms with van der Waals surface area (Å²) in [4.78, 5) is 27.5. The van der Waals surface area contributed by atoms with Crippen LogP contribution in [0.4, 0.5) is 13.2 Å². The molecule has 0 bridgehead atoms. The normalized spacial score (nSPS) is 16.9. The van der Waals surface area contributed by atoms with Crippen molar-refractivity contribution >= 4 is 23.2 Å². The number of hydrogen-bond donors (Lipinski definition) is 1. The second kappa shape index (κ2) is 7.11. The van der Waals surface area contributed by atoms with Gasteiger partial charge in [0.25, 0.3) is 5.91 Å². The fourth-order valence-corrected chi connectivity index (χ4v) is 3.98. The first-order chi connectivity index (χ1) is 12.3. The van der Waals surface area contributed by atoms with Crippen LogP contribution < -0.4 is 5.32 Å². The smallest absolute Gasteiger partial charge is 0.343 e. The standard InChI is InChI=1S/C18H17F3N2O2S/c1-11-14-7-9-26-15(14)6-8-23(11)16(24)10-22-17(25)12-2-4-13(5-3-12)18(19,20)21/h2-5,7,9,11H,6,8,10H2,1H3,(H,22,25)/t11-/m1/s1. The third-order valence-electron chi connectivity index (χ3n) is 4.47. The lowest BCUT2D eigenvalue weighted by atomic mass is 10.0. The van der Waals surface area contributed by atoms with Gasteiger partial charge in [-0.2, -0.15) is 13.2 Å². The number of nitrogens with one attached hydrogen (secondary N) is 1. The zero-order valence-electron chi connectivity index (χ0n) is 14.0. The number of halogens is 3. The summed E-state index contributed by atoms with van der Waals surface area (Å²) in [6.07, 6.45) is -3.66. The molecule has 2 aromatic rings. The summed E-state index contributed by atoms with van der Waals surface area (Å²) >= 11 is 1.67. The number of amides is 2. The molecule has 1 aromatic carbocycles. The average Bonchev–Trinajstić information content (AvgIpc) is 3.08. The average molecular weight is 382 g/mol. The molecule has 26 heavy (non-hydrogen) atoms. The number of hydrogen-bond acceptors (Lipinski definition) is 3. The molecule has 8 heteroatoms. The molecule has 0 unspecified atom stereocenters. The van der Waals surface area contributed by atoms with Crippen LogP contribution in [-0.4, -0.2) is 29.8 Å². The number of benzene rings is 1. The minimum Gasteiger partial charge on any atom is -0.343 e. The van der Waals surface area contributed by atoms with Crippen molar-refractivity contribution in [3.05, 3.63) is 57.3 Å². The van der Waals surface area contributed by atoms with Crippen molar-refractivity contribution in [3.8, 4) is 0 Å². The van der Waals surface area contributed by atoms with Gasteiger partial charge in [0.1, 0.15) is 0 Å². The number of thiophene rings is 1. The largest absolute Gasteiger partial charge is 0.416 e. The van der Waals surface area contributed by atoms with Gasteiger partial charge in [-0.25, -0.2) is 0 Å². The van der Waals surface area contributed by atoms with E-state index in [9.17, 15) is 22.8 Å². The van der Waals surface area contributed by atoms with Gasteiger partial charge in [0.2, 0.25) is 5.91 Å². The molecule has 0 saturated carbocycles. The van der Waals surface area contributed by atoms with Crippen LogP contribution in [0.2, 0.25) is 0 Å². The van der Waals surface area contributed by atoms with Crippen LogP contribution in [0, 0.1) is 0 Å². The number of alkyl halides is 3. The summed E-state index contributed by atoms with van der Waals surface area (Å²) in [6, 6.07) is 5.85. The Kier molecular flexibility index (Phi) is 5.04. The summed E-state index contributed by atoms with van der Waals surface area (Å²) in [5, 5.41) is 4.49. The number of nitrogens with zero attached hydrogens (tertiary/aromatic N) is 1. The molecule has 1 atom stereocenters. The van der Waals surface area contributed by atoms with Crippen molar-refractivity contribution < 1.29 is 22.8 Å². The Bertz CT molecular complexity index is 815. The van der Waals surface area contributed by atoms with Gasteiger partial charge in [-0.3, -0.25) is 9.59 Å². The van der Waals surface area contributed by atoms with Crippen molar-refractivity contribution in [3.63, 3.8) is 0 Å². The molecule has 4 nitrogen and oxygen atoms in total. The van der Waals surface area contributed by atoms with Gasteiger partial charge in [-0.15, -0.1) is 11.3 Å². The van der Waals surface area contributed by atoms with Crippen LogP contribution in [0.5, 0.6) is 0 Å². The van der Waals surface area contributed by atoms with Crippen molar-refractivity contribution in [1.82, 2.24) is 10.2 Å². The predicted octanol–water partition coefficient (Wildman–Crippen LogP) is 3.64. The molecule has 3 rings (SSSR count). The molecular weight excluding hydrogens is 365 g/mol. The SMILES string of the molecule is C[C@@H]1c2ccsc2CCN1C(=O)CNC(=O)c1ccc(C(F)(F)F)cc1. The number of fused-ring (bicyclic) bond motifs is 1. The zero-order valence-corrected chi connectivity index (χ0v) is 14.8. The summed E-state index contributed by atoms with van der Waals surface area (Å²) in [5.41, 5.74) is 0.389. The molecule has 1 aliphatic heterocycles. The van der Waals surface area contributed by atoms with E-state index in [2.05, 4.69) is 5.32 Å². The lowest BCUT2D eigenvalue weighted by molar-refractivity contribution is -0.137. The van der Waals surface area contributed by atoms with E-state index in [-0.39, 0.29) is 24.1 Å². The summed E-state index contributed by atoms with van der Waals surface area (Å²) in [6.45, 7) is 2.34. The van der Waals surface area contributed by atoms with E-state index < -0.39 is 17.6 Å². The minimum absolute atomic E-state index is 0.0551. The molecule has 1 N–H and O–H groups in total. The summed E-state index contributed by atoms with van der Waals surface area (Å²) in [5.74, 6) is -0.789. The molecule has 1 aliphatic rings. The predicted molar refractivity (Wildman–Crippen MR) is 91.9 cm³/mol. The molecular formula is C18H17F3N2O2S. The molecule has 0 radical (unpaired) electrons. The van der Waals surface area contributed by atoms with Crippen LogP contribution in [0.15, 0.2) is 35.7 Å². The highest BCUT2D eigenvalue weighted by Crippen LogP contribution is 2.32. The maximum absolute atomic E-state index is 12.5. The highest BCUT2D eigenvalue weighted by molar-refractivity contribution is 7.10. The second-order valence-corrected chi connectivity index (χ2v) is 7.07. The molecule has 0 spiro atoms. The Labute approximate surface area is 152 Å². The van der Waals surface area contributed by atoms with Crippen LogP contribution in [-0.2, 0) is 17.4 Å². The third kappa shape index (κ3) is 3.75. The lowest BCUT2D eigenvalue weighted by Gasteiger charge is -2.33. The maximum Gasteiger partial charge on any atom is 0.416 e. The highest BCUT2D eigenvalue weighted by atomic mass is 32.1. The lowest BCUT2D eigenvalue weighted by Crippen LogP contribution is -2.44. The van der Waals surface area contributed by atoms with Gasteiger partial charge >= 0.3 is 6.18 Å². The Morgan fingerprint density at radius 3 is 2.58 bits per heavy atom. The van der Waals surface area contributed by atoms with Crippen molar-refractivity contribution in [2.45, 2.75) is 25.6 Å². The Balaban J connectivity index is 1.59. The molecule has 138 valence electrons. The Morgan fingerprint density at radius 2 is 1.92 bits per heavy atom. The van der Waals surface area contributed by atoms with Crippen molar-refractivity contribution in [2.75, 3.05) is 13.1 Å². The summed E-state index contributed by atoms with van der Waals surface area (Å²) < 4.78 is 37.6. The van der Waals surface area contributed by atoms with E-state index in [0.717, 1.165) is 36.2 Å². The molecule has 0 aliphatic carbocycles. The van der Waals surface area contributed by atoms with Gasteiger partial charge in [-0.05, 0) is 54.6 Å². The minimum atomic E-state index is -4.45. The maximum atomic E-state index is 12.5. The van der Waals surface area contributed by atoms with E-state index >= 15 is 0 Å². The van der Waals surface area contributed by atoms with Gasteiger partial charge in [0.15, 0.2) is 0 Å². The molecule has 0 fully saturated rings. The highest BCUT2D eigenvalue weighted by Gasteiger charge is 2.30.